The summed E-state index contributed by atoms with van der Waals surface area (Å²) in [6.45, 7) is 1.76. The summed E-state index contributed by atoms with van der Waals surface area (Å²) in [5, 5.41) is 5.89. The summed E-state index contributed by atoms with van der Waals surface area (Å²) >= 11 is 0. The number of methoxy groups -OCH3 is 2. The van der Waals surface area contributed by atoms with Crippen molar-refractivity contribution < 1.29 is 19.1 Å². The first-order chi connectivity index (χ1) is 14.6. The van der Waals surface area contributed by atoms with Crippen LogP contribution in [0.4, 0.5) is 10.5 Å². The molecule has 1 fully saturated rings. The molecule has 0 bridgehead atoms. The van der Waals surface area contributed by atoms with Crippen molar-refractivity contribution in [2.24, 2.45) is 5.92 Å². The van der Waals surface area contributed by atoms with Gasteiger partial charge in [0.25, 0.3) is 0 Å². The number of benzene rings is 2. The molecule has 0 radical (unpaired) electrons. The maximum absolute atomic E-state index is 12.4. The molecule has 2 aromatic rings. The van der Waals surface area contributed by atoms with Gasteiger partial charge in [-0.25, -0.2) is 4.79 Å². The highest BCUT2D eigenvalue weighted by molar-refractivity contribution is 5.89. The predicted octanol–water partition coefficient (Wildman–Crippen LogP) is 3.65. The Hall–Kier alpha value is -3.22. The molecule has 0 aliphatic carbocycles. The zero-order chi connectivity index (χ0) is 21.3. The van der Waals surface area contributed by atoms with Crippen LogP contribution in [0, 0.1) is 5.92 Å². The number of para-hydroxylation sites is 1. The number of piperidine rings is 1. The quantitative estimate of drug-likeness (QED) is 0.729. The molecule has 3 rings (SSSR count). The van der Waals surface area contributed by atoms with E-state index in [1.54, 1.807) is 14.2 Å². The summed E-state index contributed by atoms with van der Waals surface area (Å²) in [6.07, 6.45) is 2.12. The van der Waals surface area contributed by atoms with Gasteiger partial charge in [-0.05, 0) is 48.6 Å². The summed E-state index contributed by atoms with van der Waals surface area (Å²) in [7, 11) is 3.18. The molecule has 3 amide bonds. The molecule has 30 heavy (non-hydrogen) atoms. The van der Waals surface area contributed by atoms with Crippen LogP contribution in [0.3, 0.4) is 0 Å². The number of anilines is 1. The molecule has 0 unspecified atom stereocenters. The Kier molecular flexibility index (Phi) is 7.54. The van der Waals surface area contributed by atoms with E-state index in [-0.39, 0.29) is 17.9 Å². The Morgan fingerprint density at radius 2 is 1.70 bits per heavy atom. The van der Waals surface area contributed by atoms with Crippen molar-refractivity contribution in [3.05, 3.63) is 54.1 Å². The third-order valence-corrected chi connectivity index (χ3v) is 5.34. The minimum Gasteiger partial charge on any atom is -0.493 e. The van der Waals surface area contributed by atoms with Crippen molar-refractivity contribution in [3.8, 4) is 11.5 Å². The lowest BCUT2D eigenvalue weighted by atomic mass is 9.93. The third kappa shape index (κ3) is 5.89. The Morgan fingerprint density at radius 1 is 1.00 bits per heavy atom. The standard InChI is InChI=1S/C23H29N3O4/c1-29-20-9-8-18(14-21(20)30-2)16-24-22(27)15-17-10-12-26(13-11-17)23(28)25-19-6-4-3-5-7-19/h3-9,14,17H,10-13,15-16H2,1-2H3,(H,24,27)(H,25,28). The molecule has 2 N–H and O–H groups in total. The highest BCUT2D eigenvalue weighted by atomic mass is 16.5. The lowest BCUT2D eigenvalue weighted by Gasteiger charge is -2.31. The average molecular weight is 412 g/mol. The number of hydrogen-bond acceptors (Lipinski definition) is 4. The van der Waals surface area contributed by atoms with Gasteiger partial charge < -0.3 is 25.0 Å². The molecular formula is C23H29N3O4. The lowest BCUT2D eigenvalue weighted by Crippen LogP contribution is -2.41. The van der Waals surface area contributed by atoms with Gasteiger partial charge >= 0.3 is 6.03 Å². The molecule has 0 atom stereocenters. The van der Waals surface area contributed by atoms with E-state index in [2.05, 4.69) is 10.6 Å². The summed E-state index contributed by atoms with van der Waals surface area (Å²) in [5.41, 5.74) is 1.74. The van der Waals surface area contributed by atoms with Crippen LogP contribution < -0.4 is 20.1 Å². The Balaban J connectivity index is 1.40. The van der Waals surface area contributed by atoms with Gasteiger partial charge in [0.1, 0.15) is 0 Å². The van der Waals surface area contributed by atoms with Crippen LogP contribution in [0.5, 0.6) is 11.5 Å². The minimum absolute atomic E-state index is 0.0250. The van der Waals surface area contributed by atoms with E-state index in [1.165, 1.54) is 0 Å². The molecule has 0 aromatic heterocycles. The van der Waals surface area contributed by atoms with Crippen LogP contribution in [-0.2, 0) is 11.3 Å². The molecule has 7 heteroatoms. The molecular weight excluding hydrogens is 382 g/mol. The first-order valence-electron chi connectivity index (χ1n) is 10.2. The van der Waals surface area contributed by atoms with Gasteiger partial charge in [-0.15, -0.1) is 0 Å². The second kappa shape index (κ2) is 10.5. The van der Waals surface area contributed by atoms with Crippen molar-refractivity contribution >= 4 is 17.6 Å². The molecule has 1 saturated heterocycles. The Bertz CT molecular complexity index is 849. The van der Waals surface area contributed by atoms with E-state index < -0.39 is 0 Å². The second-order valence-corrected chi connectivity index (χ2v) is 7.40. The first kappa shape index (κ1) is 21.5. The second-order valence-electron chi connectivity index (χ2n) is 7.40. The molecule has 1 aliphatic rings. The number of amides is 3. The number of carbonyl (C=O) groups excluding carboxylic acids is 2. The fraction of sp³-hybridized carbons (Fsp3) is 0.391. The van der Waals surface area contributed by atoms with Crippen LogP contribution in [0.1, 0.15) is 24.8 Å². The van der Waals surface area contributed by atoms with Crippen molar-refractivity contribution in [1.29, 1.82) is 0 Å². The highest BCUT2D eigenvalue weighted by Gasteiger charge is 2.24. The van der Waals surface area contributed by atoms with Crippen LogP contribution in [0.2, 0.25) is 0 Å². The molecule has 0 spiro atoms. The molecule has 1 aliphatic heterocycles. The predicted molar refractivity (Wildman–Crippen MR) is 116 cm³/mol. The lowest BCUT2D eigenvalue weighted by molar-refractivity contribution is -0.122. The number of ether oxygens (including phenoxy) is 2. The van der Waals surface area contributed by atoms with E-state index in [1.807, 2.05) is 53.4 Å². The highest BCUT2D eigenvalue weighted by Crippen LogP contribution is 2.27. The zero-order valence-electron chi connectivity index (χ0n) is 17.5. The number of carbonyl (C=O) groups is 2. The van der Waals surface area contributed by atoms with E-state index in [0.717, 1.165) is 24.1 Å². The summed E-state index contributed by atoms with van der Waals surface area (Å²) in [5.74, 6) is 1.62. The van der Waals surface area contributed by atoms with Gasteiger partial charge in [0.15, 0.2) is 11.5 Å². The fourth-order valence-corrected chi connectivity index (χ4v) is 3.59. The van der Waals surface area contributed by atoms with Crippen LogP contribution >= 0.6 is 0 Å². The molecule has 1 heterocycles. The van der Waals surface area contributed by atoms with E-state index in [0.29, 0.717) is 37.6 Å². The van der Waals surface area contributed by atoms with E-state index >= 15 is 0 Å². The number of nitrogens with one attached hydrogen (secondary N) is 2. The van der Waals surface area contributed by atoms with Crippen molar-refractivity contribution in [2.75, 3.05) is 32.6 Å². The van der Waals surface area contributed by atoms with Crippen LogP contribution in [0.15, 0.2) is 48.5 Å². The van der Waals surface area contributed by atoms with Gasteiger partial charge in [0.2, 0.25) is 5.91 Å². The Labute approximate surface area is 177 Å². The fourth-order valence-electron chi connectivity index (χ4n) is 3.59. The molecule has 2 aromatic carbocycles. The molecule has 0 saturated carbocycles. The van der Waals surface area contributed by atoms with Gasteiger partial charge in [-0.3, -0.25) is 4.79 Å². The van der Waals surface area contributed by atoms with Gasteiger partial charge in [-0.2, -0.15) is 0 Å². The topological polar surface area (TPSA) is 79.9 Å². The largest absolute Gasteiger partial charge is 0.493 e. The van der Waals surface area contributed by atoms with Crippen LogP contribution in [-0.4, -0.2) is 44.1 Å². The number of hydrogen-bond donors (Lipinski definition) is 2. The Morgan fingerprint density at radius 3 is 2.37 bits per heavy atom. The van der Waals surface area contributed by atoms with Crippen molar-refractivity contribution in [1.82, 2.24) is 10.2 Å². The SMILES string of the molecule is COc1ccc(CNC(=O)CC2CCN(C(=O)Nc3ccccc3)CC2)cc1OC. The minimum atomic E-state index is -0.0856. The summed E-state index contributed by atoms with van der Waals surface area (Å²) in [6, 6.07) is 15.0. The summed E-state index contributed by atoms with van der Waals surface area (Å²) in [4.78, 5) is 26.5. The number of rotatable bonds is 7. The smallest absolute Gasteiger partial charge is 0.321 e. The van der Waals surface area contributed by atoms with Crippen molar-refractivity contribution in [3.63, 3.8) is 0 Å². The normalized spacial score (nSPS) is 14.1. The summed E-state index contributed by atoms with van der Waals surface area (Å²) < 4.78 is 10.5. The molecule has 160 valence electrons. The maximum atomic E-state index is 12.4. The van der Waals surface area contributed by atoms with Crippen LogP contribution in [0.25, 0.3) is 0 Å². The van der Waals surface area contributed by atoms with E-state index in [4.69, 9.17) is 9.47 Å². The first-order valence-corrected chi connectivity index (χ1v) is 10.2. The number of nitrogens with zero attached hydrogens (tertiary/aromatic N) is 1. The zero-order valence-corrected chi connectivity index (χ0v) is 17.5. The van der Waals surface area contributed by atoms with Crippen molar-refractivity contribution in [2.45, 2.75) is 25.8 Å². The average Bonchev–Trinajstić information content (AvgIpc) is 2.78. The molecule has 7 nitrogen and oxygen atoms in total. The van der Waals surface area contributed by atoms with Gasteiger partial charge in [0.05, 0.1) is 14.2 Å². The number of likely N-dealkylation sites (tertiary alicyclic amines) is 1. The van der Waals surface area contributed by atoms with Gasteiger partial charge in [-0.1, -0.05) is 24.3 Å². The number of urea groups is 1. The maximum Gasteiger partial charge on any atom is 0.321 e. The third-order valence-electron chi connectivity index (χ3n) is 5.34. The van der Waals surface area contributed by atoms with E-state index in [9.17, 15) is 9.59 Å². The van der Waals surface area contributed by atoms with Gasteiger partial charge in [0, 0.05) is 31.7 Å². The monoisotopic (exact) mass is 411 g/mol.